The van der Waals surface area contributed by atoms with E-state index in [9.17, 15) is 34.8 Å². The summed E-state index contributed by atoms with van der Waals surface area (Å²) < 4.78 is 17.6. The zero-order chi connectivity index (χ0) is 81.6. The summed E-state index contributed by atoms with van der Waals surface area (Å²) in [5.74, 6) is 1.20. The first-order chi connectivity index (χ1) is 49.0. The van der Waals surface area contributed by atoms with Crippen molar-refractivity contribution in [2.45, 2.75) is 302 Å². The predicted octanol–water partition coefficient (Wildman–Crippen LogP) is 24.7. The van der Waals surface area contributed by atoms with E-state index in [2.05, 4.69) is 229 Å². The molecule has 0 aromatic heterocycles. The zero-order valence-corrected chi connectivity index (χ0v) is 71.2. The molecule has 0 aliphatic carbocycles. The Balaban J connectivity index is 0.000000293. The Morgan fingerprint density at radius 1 is 0.402 bits per heavy atom. The normalized spacial score (nSPS) is 12.6. The van der Waals surface area contributed by atoms with Gasteiger partial charge in [-0.25, -0.2) is 14.4 Å². The molecule has 1 atom stereocenters. The second kappa shape index (κ2) is 34.3. The Kier molecular flexibility index (Phi) is 28.5. The number of ether oxygens (including phenoxy) is 3. The van der Waals surface area contributed by atoms with Crippen molar-refractivity contribution in [3.8, 4) is 40.2 Å². The summed E-state index contributed by atoms with van der Waals surface area (Å²) in [5.41, 5.74) is 17.3. The maximum atomic E-state index is 12.8. The maximum absolute atomic E-state index is 12.8. The number of carbonyl (C=O) groups excluding carboxylic acids is 3. The number of carbonyl (C=O) groups is 3. The van der Waals surface area contributed by atoms with Gasteiger partial charge in [0.15, 0.2) is 0 Å². The summed E-state index contributed by atoms with van der Waals surface area (Å²) in [7, 11) is 0. The number of rotatable bonds is 22. The molecule has 7 aromatic carbocycles. The first-order valence-corrected chi connectivity index (χ1v) is 38.4. The summed E-state index contributed by atoms with van der Waals surface area (Å²) in [5, 5.41) is 45.3. The molecule has 4 N–H and O–H groups in total. The van der Waals surface area contributed by atoms with Crippen molar-refractivity contribution >= 4 is 17.9 Å². The second-order valence-corrected chi connectivity index (χ2v) is 36.8. The molecule has 0 aliphatic rings. The van der Waals surface area contributed by atoms with Crippen molar-refractivity contribution < 1.29 is 49.0 Å². The Morgan fingerprint density at radius 3 is 1.17 bits per heavy atom. The zero-order valence-electron chi connectivity index (χ0n) is 71.2. The van der Waals surface area contributed by atoms with Gasteiger partial charge in [0.25, 0.3) is 0 Å². The van der Waals surface area contributed by atoms with Crippen LogP contribution in [0.15, 0.2) is 134 Å². The van der Waals surface area contributed by atoms with Gasteiger partial charge in [0, 0.05) is 64.7 Å². The van der Waals surface area contributed by atoms with Crippen molar-refractivity contribution in [1.29, 1.82) is 0 Å². The fraction of sp³-hybridized carbons (Fsp3) is 0.474. The van der Waals surface area contributed by atoms with E-state index < -0.39 is 17.9 Å². The van der Waals surface area contributed by atoms with E-state index in [0.29, 0.717) is 59.2 Å². The minimum atomic E-state index is -0.506. The third kappa shape index (κ3) is 22.1. The van der Waals surface area contributed by atoms with Gasteiger partial charge < -0.3 is 34.6 Å². The average molecular weight is 1460 g/mol. The molecule has 0 fully saturated rings. The third-order valence-corrected chi connectivity index (χ3v) is 21.8. The van der Waals surface area contributed by atoms with Crippen LogP contribution in [0.2, 0.25) is 0 Å². The van der Waals surface area contributed by atoms with Crippen LogP contribution in [0.25, 0.3) is 0 Å². The number of phenolic OH excluding ortho intramolecular Hbond substituents is 4. The summed E-state index contributed by atoms with van der Waals surface area (Å²) in [6, 6.07) is 32.5. The Morgan fingerprint density at radius 2 is 0.766 bits per heavy atom. The lowest BCUT2D eigenvalue weighted by Gasteiger charge is -2.34. The van der Waals surface area contributed by atoms with E-state index >= 15 is 0 Å². The Hall–Kier alpha value is -8.63. The van der Waals surface area contributed by atoms with Crippen LogP contribution in [-0.2, 0) is 77.0 Å². The minimum Gasteiger partial charge on any atom is -0.507 e. The first kappa shape index (κ1) is 89.0. The molecule has 0 radical (unpaired) electrons. The highest BCUT2D eigenvalue weighted by Crippen LogP contribution is 2.50. The quantitative estimate of drug-likeness (QED) is 0.0292. The van der Waals surface area contributed by atoms with E-state index in [0.717, 1.165) is 120 Å². The number of phenols is 4. The van der Waals surface area contributed by atoms with Crippen LogP contribution in [0.4, 0.5) is 0 Å². The highest BCUT2D eigenvalue weighted by molar-refractivity contribution is 5.90. The molecule has 0 amide bonds. The van der Waals surface area contributed by atoms with Crippen LogP contribution in [0.5, 0.6) is 40.2 Å². The fourth-order valence-electron chi connectivity index (χ4n) is 13.1. The molecular weight excluding hydrogens is 1330 g/mol. The summed E-state index contributed by atoms with van der Waals surface area (Å²) in [6.07, 6.45) is 6.34. The van der Waals surface area contributed by atoms with Gasteiger partial charge in [-0.15, -0.1) is 0 Å². The van der Waals surface area contributed by atoms with E-state index in [-0.39, 0.29) is 60.7 Å². The minimum absolute atomic E-state index is 0.0553. The molecule has 0 heterocycles. The summed E-state index contributed by atoms with van der Waals surface area (Å²) in [4.78, 5) is 37.5. The topological polar surface area (TPSA) is 160 Å². The van der Waals surface area contributed by atoms with Crippen LogP contribution < -0.4 is 14.2 Å². The molecule has 1 unspecified atom stereocenters. The van der Waals surface area contributed by atoms with Gasteiger partial charge >= 0.3 is 17.9 Å². The molecule has 7 rings (SSSR count). The van der Waals surface area contributed by atoms with Gasteiger partial charge in [0.2, 0.25) is 0 Å². The van der Waals surface area contributed by atoms with E-state index in [1.165, 1.54) is 17.2 Å². The average Bonchev–Trinajstić information content (AvgIpc) is 0.750. The van der Waals surface area contributed by atoms with Gasteiger partial charge in [-0.05, 0) is 176 Å². The largest absolute Gasteiger partial charge is 0.507 e. The van der Waals surface area contributed by atoms with E-state index in [1.54, 1.807) is 19.9 Å². The molecule has 0 saturated heterocycles. The summed E-state index contributed by atoms with van der Waals surface area (Å²) >= 11 is 0. The van der Waals surface area contributed by atoms with Crippen LogP contribution in [0.3, 0.4) is 0 Å². The molecule has 10 nitrogen and oxygen atoms in total. The molecule has 10 heteroatoms. The van der Waals surface area contributed by atoms with Crippen LogP contribution in [-0.4, -0.2) is 38.3 Å². The molecule has 0 spiro atoms. The lowest BCUT2D eigenvalue weighted by Crippen LogP contribution is -2.24. The highest BCUT2D eigenvalue weighted by Gasteiger charge is 2.36. The van der Waals surface area contributed by atoms with Crippen molar-refractivity contribution in [1.82, 2.24) is 0 Å². The molecule has 580 valence electrons. The van der Waals surface area contributed by atoms with Crippen molar-refractivity contribution in [3.05, 3.63) is 240 Å². The van der Waals surface area contributed by atoms with Gasteiger partial charge in [-0.2, -0.15) is 0 Å². The first-order valence-electron chi connectivity index (χ1n) is 38.4. The van der Waals surface area contributed by atoms with Gasteiger partial charge in [-0.1, -0.05) is 301 Å². The molecule has 0 saturated carbocycles. The number of aryl methyl sites for hydroxylation is 3. The van der Waals surface area contributed by atoms with Crippen LogP contribution in [0, 0.1) is 20.8 Å². The SMILES string of the molecule is C=C(C)C(=O)Oc1c(Cc2cc(C)cc(C(C)(C)C)c2O)cc(C)cc1Cc1cc(C)cc(C(C)(C)C)c1O.C=C(C)C(=O)Oc1ccccc1Cc1cc(C(C)(C)C)c(O)c(C(C)(C)C)c1.C=CC(=O)Oc1c(C(C)c2cc(C(C)(C)CC)cc(C(C)(C)CC)c2O)cc(C(C)(C)CC)cc1C(C)(C)CC. The number of para-hydroxylation sites is 1. The molecule has 7 aromatic rings. The van der Waals surface area contributed by atoms with Crippen molar-refractivity contribution in [2.75, 3.05) is 0 Å². The smallest absolute Gasteiger partial charge is 0.338 e. The Labute approximate surface area is 645 Å². The number of hydrogen-bond acceptors (Lipinski definition) is 10. The monoisotopic (exact) mass is 1460 g/mol. The number of aromatic hydroxyl groups is 4. The molecule has 107 heavy (non-hydrogen) atoms. The van der Waals surface area contributed by atoms with Crippen molar-refractivity contribution in [3.63, 3.8) is 0 Å². The predicted molar refractivity (Wildman–Crippen MR) is 447 cm³/mol. The number of benzene rings is 7. The fourth-order valence-corrected chi connectivity index (χ4v) is 13.1. The molecule has 0 aliphatic heterocycles. The molecule has 0 bridgehead atoms. The van der Waals surface area contributed by atoms with Gasteiger partial charge in [-0.3, -0.25) is 0 Å². The van der Waals surface area contributed by atoms with Gasteiger partial charge in [0.05, 0.1) is 0 Å². The second-order valence-electron chi connectivity index (χ2n) is 36.8. The van der Waals surface area contributed by atoms with Crippen molar-refractivity contribution in [2.24, 2.45) is 0 Å². The highest BCUT2D eigenvalue weighted by atomic mass is 16.5. The summed E-state index contributed by atoms with van der Waals surface area (Å²) in [6.45, 7) is 74.2. The standard InChI is InChI=1S/C37H56O3.C35H44O4.C25H32O3/c1-15-31(38)40-33-28(21-26(35(9,10)17-3)23-30(33)37(13,14)19-5)24(6)27-20-25(34(7,8)16-2)22-29(32(27)39)36(11,12)18-4;1-20(2)33(38)39-32-26(18-24-12-22(4)16-28(30(24)36)34(6,7)8)14-21(3)15-27(32)19-25-13-23(5)17-29(31(25)37)35(9,10)11;1-16(2)23(27)28-21-12-10-9-11-18(21)13-17-14-19(24(3,4)5)22(26)20(15-17)25(6,7)8/h15,20-24,39H,1,16-19H2,2-14H3;12-17,36-37H,1,18-19H2,2-11H3;9-12,14-15,26H,1,13H2,2-8H3. The number of esters is 3. The van der Waals surface area contributed by atoms with Gasteiger partial charge in [0.1, 0.15) is 40.2 Å². The lowest BCUT2D eigenvalue weighted by atomic mass is 9.71. The van der Waals surface area contributed by atoms with E-state index in [4.69, 9.17) is 14.2 Å². The van der Waals surface area contributed by atoms with Crippen LogP contribution in [0.1, 0.15) is 324 Å². The molecular formula is C97H132O10. The maximum Gasteiger partial charge on any atom is 0.338 e. The van der Waals surface area contributed by atoms with E-state index in [1.807, 2.05) is 75.4 Å². The van der Waals surface area contributed by atoms with Crippen LogP contribution >= 0.6 is 0 Å². The lowest BCUT2D eigenvalue weighted by molar-refractivity contribution is -0.131. The third-order valence-electron chi connectivity index (χ3n) is 21.8. The Bertz CT molecular complexity index is 4310. The number of hydrogen-bond donors (Lipinski definition) is 4.